The van der Waals surface area contributed by atoms with Crippen LogP contribution in [0.3, 0.4) is 0 Å². The molecule has 110 valence electrons. The van der Waals surface area contributed by atoms with Crippen LogP contribution >= 0.6 is 0 Å². The number of carbonyl (C=O) groups is 2. The largest absolute Gasteiger partial charge is 0.482 e. The Bertz CT molecular complexity index is 467. The van der Waals surface area contributed by atoms with Crippen molar-refractivity contribution < 1.29 is 24.2 Å². The summed E-state index contributed by atoms with van der Waals surface area (Å²) in [6, 6.07) is 6.45. The lowest BCUT2D eigenvalue weighted by molar-refractivity contribution is -0.139. The van der Waals surface area contributed by atoms with Crippen molar-refractivity contribution in [2.24, 2.45) is 0 Å². The smallest absolute Gasteiger partial charge is 0.341 e. The molecule has 6 heteroatoms. The van der Waals surface area contributed by atoms with Crippen LogP contribution in [0.15, 0.2) is 24.3 Å². The molecule has 1 amide bonds. The fraction of sp³-hybridized carbons (Fsp3) is 0.429. The van der Waals surface area contributed by atoms with Crippen molar-refractivity contribution in [1.82, 2.24) is 0 Å². The van der Waals surface area contributed by atoms with Gasteiger partial charge in [-0.1, -0.05) is 0 Å². The summed E-state index contributed by atoms with van der Waals surface area (Å²) in [5.74, 6) is -0.867. The van der Waals surface area contributed by atoms with Crippen molar-refractivity contribution in [3.8, 4) is 5.75 Å². The van der Waals surface area contributed by atoms with E-state index in [2.05, 4.69) is 5.32 Å². The Balaban J connectivity index is 2.61. The molecule has 20 heavy (non-hydrogen) atoms. The minimum Gasteiger partial charge on any atom is -0.482 e. The second-order valence-electron chi connectivity index (χ2n) is 4.60. The molecule has 0 aromatic heterocycles. The average Bonchev–Trinajstić information content (AvgIpc) is 2.37. The Morgan fingerprint density at radius 3 is 2.35 bits per heavy atom. The molecule has 0 aliphatic heterocycles. The van der Waals surface area contributed by atoms with E-state index in [0.717, 1.165) is 0 Å². The zero-order valence-electron chi connectivity index (χ0n) is 11.8. The number of hydrogen-bond acceptors (Lipinski definition) is 4. The molecule has 0 aliphatic carbocycles. The second kappa shape index (κ2) is 6.91. The number of anilines is 1. The summed E-state index contributed by atoms with van der Waals surface area (Å²) in [5, 5.41) is 11.2. The van der Waals surface area contributed by atoms with E-state index in [4.69, 9.17) is 14.6 Å². The minimum atomic E-state index is -1.04. The lowest BCUT2D eigenvalue weighted by Gasteiger charge is -2.23. The first-order valence-corrected chi connectivity index (χ1v) is 6.25. The fourth-order valence-corrected chi connectivity index (χ4v) is 1.49. The van der Waals surface area contributed by atoms with Crippen LogP contribution in [-0.4, -0.2) is 35.8 Å². The molecule has 0 saturated carbocycles. The number of ether oxygens (including phenoxy) is 2. The molecular formula is C14H19NO5. The van der Waals surface area contributed by atoms with Gasteiger partial charge in [0.15, 0.2) is 6.61 Å². The van der Waals surface area contributed by atoms with Crippen LogP contribution in [0.4, 0.5) is 5.69 Å². The molecule has 0 fully saturated rings. The Morgan fingerprint density at radius 2 is 1.85 bits per heavy atom. The monoisotopic (exact) mass is 281 g/mol. The van der Waals surface area contributed by atoms with E-state index in [1.807, 2.05) is 6.92 Å². The summed E-state index contributed by atoms with van der Waals surface area (Å²) >= 11 is 0. The van der Waals surface area contributed by atoms with Crippen molar-refractivity contribution in [3.05, 3.63) is 24.3 Å². The predicted molar refractivity (Wildman–Crippen MR) is 73.9 cm³/mol. The Labute approximate surface area is 117 Å². The van der Waals surface area contributed by atoms with E-state index in [1.54, 1.807) is 38.1 Å². The van der Waals surface area contributed by atoms with E-state index in [1.165, 1.54) is 0 Å². The number of amides is 1. The van der Waals surface area contributed by atoms with Crippen molar-refractivity contribution in [2.75, 3.05) is 18.5 Å². The molecular weight excluding hydrogens is 262 g/mol. The molecule has 1 rings (SSSR count). The van der Waals surface area contributed by atoms with Gasteiger partial charge in [0.25, 0.3) is 5.91 Å². The maximum absolute atomic E-state index is 12.0. The summed E-state index contributed by atoms with van der Waals surface area (Å²) in [6.07, 6.45) is 0. The Kier molecular flexibility index (Phi) is 5.52. The van der Waals surface area contributed by atoms with Crippen LogP contribution < -0.4 is 10.1 Å². The average molecular weight is 281 g/mol. The highest BCUT2D eigenvalue weighted by Gasteiger charge is 2.27. The van der Waals surface area contributed by atoms with Crippen LogP contribution in [-0.2, 0) is 14.3 Å². The molecule has 6 nitrogen and oxygen atoms in total. The number of carboxylic acids is 1. The first-order chi connectivity index (χ1) is 9.35. The van der Waals surface area contributed by atoms with Gasteiger partial charge in [0.05, 0.1) is 0 Å². The normalized spacial score (nSPS) is 10.9. The van der Waals surface area contributed by atoms with Crippen molar-refractivity contribution in [2.45, 2.75) is 26.4 Å². The van der Waals surface area contributed by atoms with Gasteiger partial charge in [-0.25, -0.2) is 4.79 Å². The third-order valence-electron chi connectivity index (χ3n) is 2.53. The van der Waals surface area contributed by atoms with Crippen LogP contribution in [0.5, 0.6) is 5.75 Å². The molecule has 0 radical (unpaired) electrons. The molecule has 1 aromatic rings. The third kappa shape index (κ3) is 4.89. The van der Waals surface area contributed by atoms with Crippen LogP contribution in [0.2, 0.25) is 0 Å². The van der Waals surface area contributed by atoms with E-state index >= 15 is 0 Å². The van der Waals surface area contributed by atoms with E-state index in [9.17, 15) is 9.59 Å². The van der Waals surface area contributed by atoms with Gasteiger partial charge in [-0.2, -0.15) is 0 Å². The lowest BCUT2D eigenvalue weighted by atomic mass is 10.1. The van der Waals surface area contributed by atoms with E-state index in [-0.39, 0.29) is 5.91 Å². The van der Waals surface area contributed by atoms with Gasteiger partial charge in [-0.05, 0) is 45.0 Å². The lowest BCUT2D eigenvalue weighted by Crippen LogP contribution is -2.39. The number of carbonyl (C=O) groups excluding carboxylic acids is 1. The highest BCUT2D eigenvalue weighted by Crippen LogP contribution is 2.18. The summed E-state index contributed by atoms with van der Waals surface area (Å²) in [7, 11) is 0. The van der Waals surface area contributed by atoms with Gasteiger partial charge in [0.1, 0.15) is 11.4 Å². The van der Waals surface area contributed by atoms with E-state index in [0.29, 0.717) is 18.0 Å². The quantitative estimate of drug-likeness (QED) is 0.797. The SMILES string of the molecule is CCOC(C)(C)C(=O)Nc1ccc(OCC(=O)O)cc1. The fourth-order valence-electron chi connectivity index (χ4n) is 1.49. The van der Waals surface area contributed by atoms with Crippen molar-refractivity contribution in [1.29, 1.82) is 0 Å². The number of hydrogen-bond donors (Lipinski definition) is 2. The summed E-state index contributed by atoms with van der Waals surface area (Å²) in [6.45, 7) is 5.25. The molecule has 0 spiro atoms. The summed E-state index contributed by atoms with van der Waals surface area (Å²) in [4.78, 5) is 22.3. The Hall–Kier alpha value is -2.08. The maximum atomic E-state index is 12.0. The second-order valence-corrected chi connectivity index (χ2v) is 4.60. The number of nitrogens with one attached hydrogen (secondary N) is 1. The van der Waals surface area contributed by atoms with Gasteiger partial charge in [0.2, 0.25) is 0 Å². The zero-order chi connectivity index (χ0) is 15.2. The molecule has 0 atom stereocenters. The number of carboxylic acid groups (broad SMARTS) is 1. The van der Waals surface area contributed by atoms with Gasteiger partial charge in [0, 0.05) is 12.3 Å². The van der Waals surface area contributed by atoms with Crippen LogP contribution in [0.1, 0.15) is 20.8 Å². The molecule has 0 bridgehead atoms. The molecule has 0 aliphatic rings. The number of aliphatic carboxylic acids is 1. The number of rotatable bonds is 7. The standard InChI is InChI=1S/C14H19NO5/c1-4-20-14(2,3)13(18)15-10-5-7-11(8-6-10)19-9-12(16)17/h5-8H,4,9H2,1-3H3,(H,15,18)(H,16,17). The molecule has 2 N–H and O–H groups in total. The summed E-state index contributed by atoms with van der Waals surface area (Å²) < 4.78 is 10.3. The first kappa shape index (κ1) is 16.0. The number of benzene rings is 1. The van der Waals surface area contributed by atoms with Crippen LogP contribution in [0.25, 0.3) is 0 Å². The highest BCUT2D eigenvalue weighted by atomic mass is 16.5. The highest BCUT2D eigenvalue weighted by molar-refractivity contribution is 5.96. The van der Waals surface area contributed by atoms with Gasteiger partial charge >= 0.3 is 5.97 Å². The molecule has 0 saturated heterocycles. The van der Waals surface area contributed by atoms with E-state index < -0.39 is 18.2 Å². The predicted octanol–water partition coefficient (Wildman–Crippen LogP) is 1.90. The zero-order valence-corrected chi connectivity index (χ0v) is 11.8. The van der Waals surface area contributed by atoms with Crippen molar-refractivity contribution in [3.63, 3.8) is 0 Å². The third-order valence-corrected chi connectivity index (χ3v) is 2.53. The Morgan fingerprint density at radius 1 is 1.25 bits per heavy atom. The minimum absolute atomic E-state index is 0.251. The van der Waals surface area contributed by atoms with Crippen LogP contribution in [0, 0.1) is 0 Å². The topological polar surface area (TPSA) is 84.9 Å². The maximum Gasteiger partial charge on any atom is 0.341 e. The summed E-state index contributed by atoms with van der Waals surface area (Å²) in [5.41, 5.74) is -0.321. The van der Waals surface area contributed by atoms with Gasteiger partial charge < -0.3 is 19.9 Å². The van der Waals surface area contributed by atoms with Crippen molar-refractivity contribution >= 4 is 17.6 Å². The first-order valence-electron chi connectivity index (χ1n) is 6.25. The molecule has 0 heterocycles. The van der Waals surface area contributed by atoms with Gasteiger partial charge in [-0.3, -0.25) is 4.79 Å². The molecule has 0 unspecified atom stereocenters. The van der Waals surface area contributed by atoms with Gasteiger partial charge in [-0.15, -0.1) is 0 Å². The molecule has 1 aromatic carbocycles.